The van der Waals surface area contributed by atoms with Crippen LogP contribution < -0.4 is 4.90 Å². The van der Waals surface area contributed by atoms with Gasteiger partial charge in [0.15, 0.2) is 0 Å². The molecule has 1 rings (SSSR count). The Labute approximate surface area is 100 Å². The zero-order valence-corrected chi connectivity index (χ0v) is 10.1. The number of hydrogen-bond acceptors (Lipinski definition) is 3. The van der Waals surface area contributed by atoms with Crippen molar-refractivity contribution in [3.05, 3.63) is 34.1 Å². The van der Waals surface area contributed by atoms with Gasteiger partial charge in [-0.15, -0.1) is 0 Å². The maximum atomic E-state index is 13.3. The van der Waals surface area contributed by atoms with Crippen LogP contribution in [0.15, 0.2) is 18.2 Å². The second kappa shape index (κ2) is 6.18. The van der Waals surface area contributed by atoms with Gasteiger partial charge in [0.2, 0.25) is 0 Å². The first-order chi connectivity index (χ1) is 8.08. The SMILES string of the molecule is CCCCN(CC)c1cc(F)cc([N+](=O)[O-])c1. The molecule has 5 heteroatoms. The zero-order valence-electron chi connectivity index (χ0n) is 10.1. The molecule has 0 amide bonds. The summed E-state index contributed by atoms with van der Waals surface area (Å²) in [4.78, 5) is 12.0. The van der Waals surface area contributed by atoms with E-state index in [0.717, 1.165) is 25.5 Å². The molecule has 0 heterocycles. The second-order valence-corrected chi connectivity index (χ2v) is 3.86. The van der Waals surface area contributed by atoms with Gasteiger partial charge in [-0.1, -0.05) is 13.3 Å². The number of unbranched alkanes of at least 4 members (excludes halogenated alkanes) is 1. The van der Waals surface area contributed by atoms with Gasteiger partial charge in [0.05, 0.1) is 11.0 Å². The minimum absolute atomic E-state index is 0.199. The molecule has 0 spiro atoms. The van der Waals surface area contributed by atoms with E-state index in [-0.39, 0.29) is 5.69 Å². The van der Waals surface area contributed by atoms with E-state index in [1.165, 1.54) is 12.1 Å². The minimum atomic E-state index is -0.569. The van der Waals surface area contributed by atoms with Crippen molar-refractivity contribution in [2.24, 2.45) is 0 Å². The molecule has 17 heavy (non-hydrogen) atoms. The largest absolute Gasteiger partial charge is 0.372 e. The number of non-ortho nitro benzene ring substituents is 1. The third kappa shape index (κ3) is 3.69. The van der Waals surface area contributed by atoms with Crippen molar-refractivity contribution in [1.82, 2.24) is 0 Å². The number of nitro benzene ring substituents is 1. The number of benzene rings is 1. The minimum Gasteiger partial charge on any atom is -0.372 e. The summed E-state index contributed by atoms with van der Waals surface area (Å²) in [6, 6.07) is 3.70. The molecule has 0 unspecified atom stereocenters. The van der Waals surface area contributed by atoms with Crippen molar-refractivity contribution in [2.75, 3.05) is 18.0 Å². The average Bonchev–Trinajstić information content (AvgIpc) is 2.29. The van der Waals surface area contributed by atoms with Crippen LogP contribution in [-0.2, 0) is 0 Å². The van der Waals surface area contributed by atoms with Crippen LogP contribution in [0.4, 0.5) is 15.8 Å². The zero-order chi connectivity index (χ0) is 12.8. The second-order valence-electron chi connectivity index (χ2n) is 3.86. The highest BCUT2D eigenvalue weighted by atomic mass is 19.1. The Kier molecular flexibility index (Phi) is 4.87. The molecule has 94 valence electrons. The normalized spacial score (nSPS) is 10.3. The monoisotopic (exact) mass is 240 g/mol. The quantitative estimate of drug-likeness (QED) is 0.565. The van der Waals surface area contributed by atoms with Gasteiger partial charge >= 0.3 is 0 Å². The number of nitrogens with zero attached hydrogens (tertiary/aromatic N) is 2. The van der Waals surface area contributed by atoms with Crippen LogP contribution in [0.5, 0.6) is 0 Å². The highest BCUT2D eigenvalue weighted by Gasteiger charge is 2.13. The van der Waals surface area contributed by atoms with Crippen molar-refractivity contribution in [3.63, 3.8) is 0 Å². The first-order valence-corrected chi connectivity index (χ1v) is 5.78. The van der Waals surface area contributed by atoms with Crippen molar-refractivity contribution in [1.29, 1.82) is 0 Å². The summed E-state index contributed by atoms with van der Waals surface area (Å²) < 4.78 is 13.3. The molecule has 1 aromatic carbocycles. The van der Waals surface area contributed by atoms with E-state index in [2.05, 4.69) is 6.92 Å². The van der Waals surface area contributed by atoms with E-state index >= 15 is 0 Å². The molecule has 0 bridgehead atoms. The smallest absolute Gasteiger partial charge is 0.274 e. The Morgan fingerprint density at radius 1 is 1.35 bits per heavy atom. The van der Waals surface area contributed by atoms with Gasteiger partial charge in [0.1, 0.15) is 5.82 Å². The van der Waals surface area contributed by atoms with Gasteiger partial charge in [-0.3, -0.25) is 10.1 Å². The van der Waals surface area contributed by atoms with Gasteiger partial charge in [-0.2, -0.15) is 0 Å². The maximum absolute atomic E-state index is 13.3. The molecular formula is C12H17FN2O2. The lowest BCUT2D eigenvalue weighted by Crippen LogP contribution is -2.23. The number of nitro groups is 1. The molecule has 4 nitrogen and oxygen atoms in total. The lowest BCUT2D eigenvalue weighted by Gasteiger charge is -2.22. The fourth-order valence-electron chi connectivity index (χ4n) is 1.67. The van der Waals surface area contributed by atoms with Crippen molar-refractivity contribution >= 4 is 11.4 Å². The van der Waals surface area contributed by atoms with Crippen LogP contribution in [0.2, 0.25) is 0 Å². The first-order valence-electron chi connectivity index (χ1n) is 5.78. The molecule has 0 radical (unpaired) electrons. The van der Waals surface area contributed by atoms with Gasteiger partial charge < -0.3 is 4.90 Å². The van der Waals surface area contributed by atoms with Gasteiger partial charge in [0, 0.05) is 24.8 Å². The molecule has 0 aliphatic heterocycles. The topological polar surface area (TPSA) is 46.4 Å². The molecule has 0 aliphatic carbocycles. The predicted molar refractivity (Wildman–Crippen MR) is 65.8 cm³/mol. The third-order valence-corrected chi connectivity index (χ3v) is 2.61. The molecule has 0 aromatic heterocycles. The summed E-state index contributed by atoms with van der Waals surface area (Å²) in [7, 11) is 0. The maximum Gasteiger partial charge on any atom is 0.274 e. The Morgan fingerprint density at radius 3 is 2.59 bits per heavy atom. The highest BCUT2D eigenvalue weighted by molar-refractivity contribution is 5.53. The molecule has 0 N–H and O–H groups in total. The number of rotatable bonds is 6. The molecule has 0 atom stereocenters. The van der Waals surface area contributed by atoms with E-state index in [1.807, 2.05) is 11.8 Å². The van der Waals surface area contributed by atoms with E-state index in [9.17, 15) is 14.5 Å². The Balaban J connectivity index is 2.98. The van der Waals surface area contributed by atoms with Gasteiger partial charge in [-0.25, -0.2) is 4.39 Å². The first kappa shape index (κ1) is 13.4. The number of hydrogen-bond donors (Lipinski definition) is 0. The number of halogens is 1. The van der Waals surface area contributed by atoms with Crippen LogP contribution in [0, 0.1) is 15.9 Å². The molecule has 0 saturated heterocycles. The summed E-state index contributed by atoms with van der Waals surface area (Å²) in [5.41, 5.74) is 0.377. The molecule has 0 fully saturated rings. The molecular weight excluding hydrogens is 223 g/mol. The van der Waals surface area contributed by atoms with Crippen molar-refractivity contribution in [2.45, 2.75) is 26.7 Å². The fourth-order valence-corrected chi connectivity index (χ4v) is 1.67. The van der Waals surface area contributed by atoms with Gasteiger partial charge in [0.25, 0.3) is 5.69 Å². The Morgan fingerprint density at radius 2 is 2.06 bits per heavy atom. The number of anilines is 1. The van der Waals surface area contributed by atoms with Crippen LogP contribution in [-0.4, -0.2) is 18.0 Å². The summed E-state index contributed by atoms with van der Waals surface area (Å²) in [5.74, 6) is -0.566. The standard InChI is InChI=1S/C12H17FN2O2/c1-3-5-6-14(4-2)11-7-10(13)8-12(9-11)15(16)17/h7-9H,3-6H2,1-2H3. The van der Waals surface area contributed by atoms with E-state index in [0.29, 0.717) is 12.2 Å². The summed E-state index contributed by atoms with van der Waals surface area (Å²) in [6.45, 7) is 5.52. The van der Waals surface area contributed by atoms with Crippen LogP contribution in [0.25, 0.3) is 0 Å². The van der Waals surface area contributed by atoms with Crippen LogP contribution in [0.1, 0.15) is 26.7 Å². The van der Waals surface area contributed by atoms with Crippen molar-refractivity contribution in [3.8, 4) is 0 Å². The lowest BCUT2D eigenvalue weighted by molar-refractivity contribution is -0.385. The van der Waals surface area contributed by atoms with Crippen LogP contribution >= 0.6 is 0 Å². The van der Waals surface area contributed by atoms with Crippen LogP contribution in [0.3, 0.4) is 0 Å². The van der Waals surface area contributed by atoms with E-state index in [4.69, 9.17) is 0 Å². The van der Waals surface area contributed by atoms with Crippen molar-refractivity contribution < 1.29 is 9.31 Å². The molecule has 0 aliphatic rings. The Hall–Kier alpha value is -1.65. The summed E-state index contributed by atoms with van der Waals surface area (Å²) >= 11 is 0. The fraction of sp³-hybridized carbons (Fsp3) is 0.500. The molecule has 0 saturated carbocycles. The highest BCUT2D eigenvalue weighted by Crippen LogP contribution is 2.23. The van der Waals surface area contributed by atoms with E-state index in [1.54, 1.807) is 0 Å². The summed E-state index contributed by atoms with van der Waals surface area (Å²) in [6.07, 6.45) is 2.02. The predicted octanol–water partition coefficient (Wildman–Crippen LogP) is 3.36. The summed E-state index contributed by atoms with van der Waals surface area (Å²) in [5, 5.41) is 10.7. The lowest BCUT2D eigenvalue weighted by atomic mass is 10.2. The van der Waals surface area contributed by atoms with E-state index < -0.39 is 10.7 Å². The Bertz CT molecular complexity index is 396. The third-order valence-electron chi connectivity index (χ3n) is 2.61. The van der Waals surface area contributed by atoms with Gasteiger partial charge in [-0.05, 0) is 19.4 Å². The molecule has 1 aromatic rings. The average molecular weight is 240 g/mol.